The van der Waals surface area contributed by atoms with Crippen LogP contribution in [0.3, 0.4) is 0 Å². The lowest BCUT2D eigenvalue weighted by Gasteiger charge is -2.21. The summed E-state index contributed by atoms with van der Waals surface area (Å²) < 4.78 is 8.73. The maximum absolute atomic E-state index is 13.3. The molecule has 1 fully saturated rings. The molecule has 0 aliphatic heterocycles. The molecule has 3 N–H and O–H groups in total. The number of carbonyl (C=O) groups is 2. The highest BCUT2D eigenvalue weighted by Gasteiger charge is 2.27. The van der Waals surface area contributed by atoms with Crippen LogP contribution in [0, 0.1) is 0 Å². The number of imidazole rings is 1. The molecule has 11 nitrogen and oxygen atoms in total. The van der Waals surface area contributed by atoms with Gasteiger partial charge in [-0.1, -0.05) is 30.3 Å². The first-order valence-corrected chi connectivity index (χ1v) is 14.3. The Morgan fingerprint density at radius 3 is 2.56 bits per heavy atom. The predicted molar refractivity (Wildman–Crippen MR) is 164 cm³/mol. The zero-order chi connectivity index (χ0) is 30.3. The SMILES string of the molecule is COc1ccc(CN(C)c2cc(-n3cc(C(=O)NCC(C)(C)O)c4ccccc43)nn3c(C(=O)NC4CC4)cnc23)cc1. The second kappa shape index (κ2) is 11.1. The molecule has 3 aromatic heterocycles. The molecule has 5 aromatic rings. The van der Waals surface area contributed by atoms with Crippen LogP contribution < -0.4 is 20.3 Å². The van der Waals surface area contributed by atoms with Gasteiger partial charge < -0.3 is 25.4 Å². The quantitative estimate of drug-likeness (QED) is 0.230. The molecule has 11 heteroatoms. The minimum Gasteiger partial charge on any atom is -0.497 e. The summed E-state index contributed by atoms with van der Waals surface area (Å²) in [6.45, 7) is 3.95. The molecule has 6 rings (SSSR count). The standard InChI is InChI=1S/C32H35N7O4/c1-32(2,42)19-34-30(40)24-18-38(25-8-6-5-7-23(24)25)28-15-26(37(3)17-20-9-13-22(43-4)14-10-20)29-33-16-27(39(29)36-28)31(41)35-21-11-12-21/h5-10,13-16,18,21,42H,11-12,17,19H2,1-4H3,(H,34,40)(H,35,41). The van der Waals surface area contributed by atoms with E-state index in [4.69, 9.17) is 9.84 Å². The fraction of sp³-hybridized carbons (Fsp3) is 0.312. The van der Waals surface area contributed by atoms with Crippen LogP contribution in [0.5, 0.6) is 5.75 Å². The maximum atomic E-state index is 13.3. The maximum Gasteiger partial charge on any atom is 0.271 e. The molecule has 0 saturated heterocycles. The highest BCUT2D eigenvalue weighted by Crippen LogP contribution is 2.29. The van der Waals surface area contributed by atoms with Gasteiger partial charge in [0.1, 0.15) is 5.75 Å². The number of hydrogen-bond donors (Lipinski definition) is 3. The van der Waals surface area contributed by atoms with Gasteiger partial charge in [0.25, 0.3) is 11.8 Å². The first-order valence-electron chi connectivity index (χ1n) is 14.3. The van der Waals surface area contributed by atoms with Gasteiger partial charge in [0.15, 0.2) is 17.2 Å². The topological polar surface area (TPSA) is 126 Å². The van der Waals surface area contributed by atoms with Crippen molar-refractivity contribution in [2.75, 3.05) is 25.6 Å². The number of anilines is 1. The molecule has 0 radical (unpaired) electrons. The lowest BCUT2D eigenvalue weighted by Crippen LogP contribution is -2.38. The van der Waals surface area contributed by atoms with E-state index < -0.39 is 5.60 Å². The zero-order valence-corrected chi connectivity index (χ0v) is 24.7. The molecule has 2 amide bonds. The van der Waals surface area contributed by atoms with Crippen molar-refractivity contribution in [3.8, 4) is 11.6 Å². The molecule has 43 heavy (non-hydrogen) atoms. The molecule has 1 aliphatic carbocycles. The number of ether oxygens (including phenoxy) is 1. The van der Waals surface area contributed by atoms with E-state index in [-0.39, 0.29) is 24.4 Å². The molecular formula is C32H35N7O4. The normalized spacial score (nSPS) is 13.3. The van der Waals surface area contributed by atoms with Crippen LogP contribution in [-0.2, 0) is 6.54 Å². The third-order valence-corrected chi connectivity index (χ3v) is 7.46. The number of aromatic nitrogens is 4. The molecule has 2 aromatic carbocycles. The van der Waals surface area contributed by atoms with Crippen molar-refractivity contribution in [1.29, 1.82) is 0 Å². The van der Waals surface area contributed by atoms with Crippen LogP contribution in [-0.4, -0.2) is 68.4 Å². The van der Waals surface area contributed by atoms with Crippen LogP contribution in [0.15, 0.2) is 67.0 Å². The van der Waals surface area contributed by atoms with Crippen molar-refractivity contribution in [2.24, 2.45) is 0 Å². The molecule has 1 aliphatic rings. The molecule has 0 bridgehead atoms. The number of nitrogens with one attached hydrogen (secondary N) is 2. The van der Waals surface area contributed by atoms with E-state index in [0.717, 1.165) is 40.7 Å². The van der Waals surface area contributed by atoms with Gasteiger partial charge in [0.05, 0.1) is 35.7 Å². The summed E-state index contributed by atoms with van der Waals surface area (Å²) in [6, 6.07) is 17.5. The number of aliphatic hydroxyl groups is 1. The number of rotatable bonds is 10. The summed E-state index contributed by atoms with van der Waals surface area (Å²) >= 11 is 0. The highest BCUT2D eigenvalue weighted by atomic mass is 16.5. The molecule has 0 spiro atoms. The first kappa shape index (κ1) is 28.2. The van der Waals surface area contributed by atoms with E-state index >= 15 is 0 Å². The van der Waals surface area contributed by atoms with Crippen molar-refractivity contribution in [1.82, 2.24) is 29.8 Å². The van der Waals surface area contributed by atoms with E-state index in [2.05, 4.69) is 20.5 Å². The Labute approximate surface area is 249 Å². The third-order valence-electron chi connectivity index (χ3n) is 7.46. The lowest BCUT2D eigenvalue weighted by atomic mass is 10.1. The number of fused-ring (bicyclic) bond motifs is 2. The molecule has 3 heterocycles. The van der Waals surface area contributed by atoms with Gasteiger partial charge in [-0.05, 0) is 50.5 Å². The van der Waals surface area contributed by atoms with Gasteiger partial charge in [-0.25, -0.2) is 9.50 Å². The van der Waals surface area contributed by atoms with E-state index in [1.165, 1.54) is 0 Å². The van der Waals surface area contributed by atoms with Gasteiger partial charge in [-0.3, -0.25) is 14.2 Å². The Balaban J connectivity index is 1.46. The van der Waals surface area contributed by atoms with E-state index in [1.807, 2.05) is 66.2 Å². The monoisotopic (exact) mass is 581 g/mol. The predicted octanol–water partition coefficient (Wildman–Crippen LogP) is 3.71. The Morgan fingerprint density at radius 1 is 1.12 bits per heavy atom. The van der Waals surface area contributed by atoms with Crippen molar-refractivity contribution < 1.29 is 19.4 Å². The summed E-state index contributed by atoms with van der Waals surface area (Å²) in [5.41, 5.74) is 2.88. The Kier molecular flexibility index (Phi) is 7.26. The largest absolute Gasteiger partial charge is 0.497 e. The average molecular weight is 582 g/mol. The molecule has 0 atom stereocenters. The summed E-state index contributed by atoms with van der Waals surface area (Å²) in [5, 5.41) is 21.6. The van der Waals surface area contributed by atoms with Crippen molar-refractivity contribution >= 4 is 34.1 Å². The number of benzene rings is 2. The second-order valence-electron chi connectivity index (χ2n) is 11.6. The van der Waals surface area contributed by atoms with Crippen molar-refractivity contribution in [3.05, 3.63) is 83.8 Å². The summed E-state index contributed by atoms with van der Waals surface area (Å²) in [6.07, 6.45) is 5.22. The second-order valence-corrected chi connectivity index (χ2v) is 11.6. The minimum absolute atomic E-state index is 0.102. The lowest BCUT2D eigenvalue weighted by molar-refractivity contribution is 0.0695. The smallest absolute Gasteiger partial charge is 0.271 e. The Morgan fingerprint density at radius 2 is 1.86 bits per heavy atom. The minimum atomic E-state index is -1.05. The van der Waals surface area contributed by atoms with Gasteiger partial charge in [0.2, 0.25) is 0 Å². The van der Waals surface area contributed by atoms with E-state index in [1.54, 1.807) is 37.9 Å². The highest BCUT2D eigenvalue weighted by molar-refractivity contribution is 6.07. The molecule has 0 unspecified atom stereocenters. The van der Waals surface area contributed by atoms with Gasteiger partial charge >= 0.3 is 0 Å². The summed E-state index contributed by atoms with van der Waals surface area (Å²) in [4.78, 5) is 33.1. The van der Waals surface area contributed by atoms with Crippen LogP contribution in [0.2, 0.25) is 0 Å². The number of methoxy groups -OCH3 is 1. The Bertz CT molecular complexity index is 1810. The van der Waals surface area contributed by atoms with Gasteiger partial charge in [-0.15, -0.1) is 5.10 Å². The van der Waals surface area contributed by atoms with Crippen LogP contribution in [0.1, 0.15) is 53.1 Å². The Hall–Kier alpha value is -4.90. The first-order chi connectivity index (χ1) is 20.6. The van der Waals surface area contributed by atoms with Crippen LogP contribution >= 0.6 is 0 Å². The fourth-order valence-corrected chi connectivity index (χ4v) is 5.01. The molecule has 222 valence electrons. The van der Waals surface area contributed by atoms with Gasteiger partial charge in [-0.2, -0.15) is 0 Å². The molecular weight excluding hydrogens is 546 g/mol. The van der Waals surface area contributed by atoms with Crippen LogP contribution in [0.4, 0.5) is 5.69 Å². The van der Waals surface area contributed by atoms with E-state index in [9.17, 15) is 14.7 Å². The average Bonchev–Trinajstić information content (AvgIpc) is 3.56. The van der Waals surface area contributed by atoms with E-state index in [0.29, 0.717) is 29.3 Å². The van der Waals surface area contributed by atoms with Crippen molar-refractivity contribution in [3.63, 3.8) is 0 Å². The number of amides is 2. The number of para-hydroxylation sites is 1. The zero-order valence-electron chi connectivity index (χ0n) is 24.7. The number of nitrogens with zero attached hydrogens (tertiary/aromatic N) is 5. The van der Waals surface area contributed by atoms with Gasteiger partial charge in [0, 0.05) is 43.8 Å². The number of hydrogen-bond acceptors (Lipinski definition) is 7. The van der Waals surface area contributed by atoms with Crippen LogP contribution in [0.25, 0.3) is 22.4 Å². The molecule has 1 saturated carbocycles. The fourth-order valence-electron chi connectivity index (χ4n) is 5.01. The van der Waals surface area contributed by atoms with Crippen molar-refractivity contribution in [2.45, 2.75) is 44.9 Å². The number of carbonyl (C=O) groups excluding carboxylic acids is 2. The summed E-state index contributed by atoms with van der Waals surface area (Å²) in [5.74, 6) is 0.760. The third kappa shape index (κ3) is 5.89. The summed E-state index contributed by atoms with van der Waals surface area (Å²) in [7, 11) is 3.60.